The van der Waals surface area contributed by atoms with Gasteiger partial charge in [0.15, 0.2) is 0 Å². The van der Waals surface area contributed by atoms with Gasteiger partial charge in [-0.05, 0) is 105 Å². The van der Waals surface area contributed by atoms with Crippen molar-refractivity contribution in [1.29, 1.82) is 0 Å². The zero-order valence-electron chi connectivity index (χ0n) is 52.1. The highest BCUT2D eigenvalue weighted by Gasteiger charge is 2.36. The Bertz CT molecular complexity index is 3350. The maximum Gasteiger partial charge on any atom is 0.419 e. The largest absolute Gasteiger partial charge is 0.449 e. The molecule has 13 N–H and O–H groups in total. The molecule has 0 fully saturated rings. The molecule has 0 spiro atoms. The number of ether oxygens (including phenoxy) is 2. The molecule has 2 aromatic heterocycles. The van der Waals surface area contributed by atoms with Gasteiger partial charge in [-0.2, -0.15) is 11.8 Å². The van der Waals surface area contributed by atoms with Crippen LogP contribution in [0.25, 0.3) is 22.0 Å². The molecule has 0 saturated carbocycles. The van der Waals surface area contributed by atoms with Crippen molar-refractivity contribution in [2.45, 2.75) is 148 Å². The zero-order valence-corrected chi connectivity index (χ0v) is 52.9. The highest BCUT2D eigenvalue weighted by atomic mass is 32.2. The van der Waals surface area contributed by atoms with Gasteiger partial charge in [0.2, 0.25) is 53.2 Å². The molecule has 1 aliphatic rings. The van der Waals surface area contributed by atoms with Gasteiger partial charge in [-0.3, -0.25) is 47.7 Å². The minimum atomic E-state index is -1.55. The Morgan fingerprint density at radius 3 is 1.86 bits per heavy atom. The summed E-state index contributed by atoms with van der Waals surface area (Å²) >= 11 is 1.46. The average molecular weight is 1260 g/mol. The molecule has 0 aliphatic heterocycles. The minimum absolute atomic E-state index is 0.0954. The van der Waals surface area contributed by atoms with E-state index in [9.17, 15) is 52.7 Å². The molecule has 7 atom stereocenters. The molecule has 10 amide bonds. The minimum Gasteiger partial charge on any atom is -0.449 e. The fraction of sp³-hybridized carbons (Fsp3) is 0.460. The van der Waals surface area contributed by atoms with Crippen LogP contribution in [-0.2, 0) is 65.5 Å². The number of aromatic nitrogens is 3. The summed E-state index contributed by atoms with van der Waals surface area (Å²) in [7, 11) is 0. The number of nitrogens with one attached hydrogen (secondary N) is 9. The van der Waals surface area contributed by atoms with Crippen molar-refractivity contribution in [3.63, 3.8) is 0 Å². The van der Waals surface area contributed by atoms with Crippen LogP contribution in [0.4, 0.5) is 9.59 Å². The first-order valence-corrected chi connectivity index (χ1v) is 31.1. The quantitative estimate of drug-likeness (QED) is 0.0304. The number of para-hydroxylation sites is 1. The third-order valence-corrected chi connectivity index (χ3v) is 15.4. The number of carbonyl (C=O) groups is 11. The predicted octanol–water partition coefficient (Wildman–Crippen LogP) is 3.09. The second-order valence-electron chi connectivity index (χ2n) is 23.8. The topological polar surface area (TPSA) is 388 Å². The van der Waals surface area contributed by atoms with Crippen molar-refractivity contribution in [3.05, 3.63) is 114 Å². The standard InChI is InChI=1S/C63H83N13O13S/c1-34(2)26-47(58(83)71-45(54(65)79)24-25-90-9)72-59(84)49(28-38-29-66-33-68-38)70-52(78)30-67-60(85)53(35(3)4)75-55(80)36(5)69-57(82)48(27-37-31-76(62(87)89-63(6,7)8)50-21-15-14-16-39(37)50)73-56(81)46(22-23-51(64)77)74-61(86)88-32-44-42-19-12-10-17-40(42)41-18-11-13-20-43(41)44/h10-21,29,31,33-36,44-49,53H,22-28,30,32H2,1-9H3,(H2,64,77)(H2,65,79)(H,66,68)(H,67,85)(H,69,82)(H,70,78)(H,71,83)(H,72,84)(H,73,81)(H,74,86)(H,75,80)/t36-,45-,46-,47-,48-,49-,53-/m0/s1. The molecule has 90 heavy (non-hydrogen) atoms. The zero-order chi connectivity index (χ0) is 66.0. The SMILES string of the molecule is CSCC[C@H](NC(=O)[C@H](CC(C)C)NC(=O)[C@H](Cc1cnc[nH]1)NC(=O)CNC(=O)[C@@H](NC(=O)[C@H](C)NC(=O)[C@H](Cc1cn(C(=O)OC(C)(C)C)c2ccccc12)NC(=O)[C@H](CCC(N)=O)NC(=O)OCC1c2ccccc2-c2ccccc21)C(C)C)C(N)=O. The Labute approximate surface area is 526 Å². The van der Waals surface area contributed by atoms with Crippen LogP contribution in [0.15, 0.2) is 91.5 Å². The van der Waals surface area contributed by atoms with Gasteiger partial charge in [0, 0.05) is 48.7 Å². The first kappa shape index (κ1) is 69.8. The molecule has 1 aliphatic carbocycles. The van der Waals surface area contributed by atoms with E-state index < -0.39 is 126 Å². The molecular weight excluding hydrogens is 1180 g/mol. The third kappa shape index (κ3) is 19.9. The number of hydrogen-bond donors (Lipinski definition) is 11. The number of aromatic amines is 1. The van der Waals surface area contributed by atoms with Crippen LogP contribution < -0.4 is 54.0 Å². The molecular formula is C63H83N13O13S. The molecule has 26 nitrogen and oxygen atoms in total. The summed E-state index contributed by atoms with van der Waals surface area (Å²) in [6, 6.07) is 13.1. The number of rotatable bonds is 31. The van der Waals surface area contributed by atoms with E-state index in [4.69, 9.17) is 20.9 Å². The van der Waals surface area contributed by atoms with Crippen molar-refractivity contribution in [1.82, 2.24) is 57.1 Å². The van der Waals surface area contributed by atoms with E-state index in [2.05, 4.69) is 52.5 Å². The number of alkyl carbamates (subject to hydrolysis) is 1. The average Bonchev–Trinajstić information content (AvgIpc) is 1.67. The third-order valence-electron chi connectivity index (χ3n) is 14.7. The second kappa shape index (κ2) is 32.3. The van der Waals surface area contributed by atoms with Crippen LogP contribution >= 0.6 is 11.8 Å². The number of carbonyl (C=O) groups excluding carboxylic acids is 11. The number of nitrogens with two attached hydrogens (primary N) is 2. The first-order valence-electron chi connectivity index (χ1n) is 29.7. The lowest BCUT2D eigenvalue weighted by atomic mass is 9.98. The Kier molecular flexibility index (Phi) is 25.0. The Hall–Kier alpha value is -9.27. The Balaban J connectivity index is 1.16. The van der Waals surface area contributed by atoms with Crippen LogP contribution in [-0.4, -0.2) is 153 Å². The van der Waals surface area contributed by atoms with Gasteiger partial charge in [-0.1, -0.05) is 94.4 Å². The summed E-state index contributed by atoms with van der Waals surface area (Å²) in [6.07, 6.45) is 3.75. The van der Waals surface area contributed by atoms with E-state index in [1.54, 1.807) is 58.9 Å². The van der Waals surface area contributed by atoms with Gasteiger partial charge in [0.25, 0.3) is 0 Å². The van der Waals surface area contributed by atoms with Crippen molar-refractivity contribution in [3.8, 4) is 11.1 Å². The molecule has 0 unspecified atom stereocenters. The Morgan fingerprint density at radius 1 is 0.667 bits per heavy atom. The number of fused-ring (bicyclic) bond motifs is 4. The normalized spacial score (nSPS) is 14.3. The lowest BCUT2D eigenvalue weighted by molar-refractivity contribution is -0.135. The predicted molar refractivity (Wildman–Crippen MR) is 337 cm³/mol. The van der Waals surface area contributed by atoms with Crippen LogP contribution in [0.1, 0.15) is 109 Å². The lowest BCUT2D eigenvalue weighted by Gasteiger charge is -2.26. The van der Waals surface area contributed by atoms with Crippen molar-refractivity contribution in [2.24, 2.45) is 23.3 Å². The van der Waals surface area contributed by atoms with Gasteiger partial charge >= 0.3 is 12.2 Å². The number of H-pyrrole nitrogens is 1. The monoisotopic (exact) mass is 1260 g/mol. The number of hydrogen-bond acceptors (Lipinski definition) is 15. The number of thioether (sulfide) groups is 1. The highest BCUT2D eigenvalue weighted by molar-refractivity contribution is 7.98. The van der Waals surface area contributed by atoms with Crippen LogP contribution in [0.3, 0.4) is 0 Å². The number of primary amides is 2. The smallest absolute Gasteiger partial charge is 0.419 e. The van der Waals surface area contributed by atoms with Crippen LogP contribution in [0, 0.1) is 11.8 Å². The maximum atomic E-state index is 14.6. The number of benzene rings is 3. The van der Waals surface area contributed by atoms with Gasteiger partial charge < -0.3 is 68.5 Å². The van der Waals surface area contributed by atoms with E-state index in [-0.39, 0.29) is 57.0 Å². The molecule has 2 heterocycles. The summed E-state index contributed by atoms with van der Waals surface area (Å²) in [6.45, 7) is 12.6. The summed E-state index contributed by atoms with van der Waals surface area (Å²) in [4.78, 5) is 157. The molecule has 5 aromatic rings. The first-order chi connectivity index (χ1) is 42.6. The molecule has 484 valence electrons. The molecule has 27 heteroatoms. The number of nitrogens with zero attached hydrogens (tertiary/aromatic N) is 2. The maximum absolute atomic E-state index is 14.6. The Morgan fingerprint density at radius 2 is 1.26 bits per heavy atom. The summed E-state index contributed by atoms with van der Waals surface area (Å²) in [5.74, 6) is -7.74. The second-order valence-corrected chi connectivity index (χ2v) is 24.8. The molecule has 0 saturated heterocycles. The highest BCUT2D eigenvalue weighted by Crippen LogP contribution is 2.44. The van der Waals surface area contributed by atoms with Gasteiger partial charge in [-0.25, -0.2) is 14.6 Å². The van der Waals surface area contributed by atoms with Gasteiger partial charge in [0.05, 0.1) is 18.4 Å². The fourth-order valence-corrected chi connectivity index (χ4v) is 10.7. The summed E-state index contributed by atoms with van der Waals surface area (Å²) in [5.41, 5.74) is 15.3. The molecule has 0 bridgehead atoms. The molecule has 3 aromatic carbocycles. The van der Waals surface area contributed by atoms with E-state index in [0.717, 1.165) is 22.3 Å². The molecule has 0 radical (unpaired) electrons. The van der Waals surface area contributed by atoms with Crippen LogP contribution in [0.5, 0.6) is 0 Å². The van der Waals surface area contributed by atoms with Crippen molar-refractivity contribution in [2.75, 3.05) is 25.2 Å². The lowest BCUT2D eigenvalue weighted by Crippen LogP contribution is -2.59. The van der Waals surface area contributed by atoms with E-state index in [1.807, 2.05) is 68.6 Å². The molecule has 6 rings (SSSR count). The number of imidazole rings is 1. The number of amides is 10. The van der Waals surface area contributed by atoms with E-state index >= 15 is 0 Å². The van der Waals surface area contributed by atoms with E-state index in [0.29, 0.717) is 27.9 Å². The van der Waals surface area contributed by atoms with Gasteiger partial charge in [-0.15, -0.1) is 0 Å². The fourth-order valence-electron chi connectivity index (χ4n) is 10.2. The summed E-state index contributed by atoms with van der Waals surface area (Å²) in [5, 5.41) is 21.4. The van der Waals surface area contributed by atoms with E-state index in [1.165, 1.54) is 42.0 Å². The van der Waals surface area contributed by atoms with Gasteiger partial charge in [0.1, 0.15) is 54.5 Å². The van der Waals surface area contributed by atoms with Crippen LogP contribution in [0.2, 0.25) is 0 Å². The summed E-state index contributed by atoms with van der Waals surface area (Å²) < 4.78 is 12.7. The van der Waals surface area contributed by atoms with Crippen molar-refractivity contribution >= 4 is 88.0 Å². The van der Waals surface area contributed by atoms with Crippen molar-refractivity contribution < 1.29 is 62.2 Å².